The molecular weight excluding hydrogens is 284 g/mol. The zero-order chi connectivity index (χ0) is 14.7. The molecule has 0 aliphatic heterocycles. The third-order valence-corrected chi connectivity index (χ3v) is 3.18. The first-order valence-corrected chi connectivity index (χ1v) is 6.46. The van der Waals surface area contributed by atoms with Gasteiger partial charge in [0.15, 0.2) is 0 Å². The lowest BCUT2D eigenvalue weighted by molar-refractivity contribution is 0.102. The second kappa shape index (κ2) is 6.01. The minimum Gasteiger partial charge on any atom is -0.319 e. The van der Waals surface area contributed by atoms with Crippen LogP contribution in [0.15, 0.2) is 36.4 Å². The average Bonchev–Trinajstić information content (AvgIpc) is 2.44. The molecule has 2 aromatic carbocycles. The lowest BCUT2D eigenvalue weighted by Gasteiger charge is -2.08. The van der Waals surface area contributed by atoms with E-state index >= 15 is 0 Å². The van der Waals surface area contributed by atoms with Crippen LogP contribution in [0.4, 0.5) is 14.5 Å². The first-order chi connectivity index (χ1) is 9.51. The lowest BCUT2D eigenvalue weighted by atomic mass is 10.1. The molecule has 0 aliphatic carbocycles. The van der Waals surface area contributed by atoms with E-state index in [0.29, 0.717) is 11.4 Å². The Kier molecular flexibility index (Phi) is 4.35. The number of aryl methyl sites for hydroxylation is 1. The summed E-state index contributed by atoms with van der Waals surface area (Å²) < 4.78 is 27.0. The van der Waals surface area contributed by atoms with Crippen LogP contribution in [0.5, 0.6) is 0 Å². The second-order valence-corrected chi connectivity index (χ2v) is 4.63. The summed E-state index contributed by atoms with van der Waals surface area (Å²) in [5, 5.41) is 2.35. The van der Waals surface area contributed by atoms with Gasteiger partial charge in [-0.2, -0.15) is 0 Å². The Bertz CT molecular complexity index is 641. The van der Waals surface area contributed by atoms with E-state index < -0.39 is 17.5 Å². The molecule has 0 fully saturated rings. The normalized spacial score (nSPS) is 10.4. The van der Waals surface area contributed by atoms with Crippen molar-refractivity contribution in [2.45, 2.75) is 12.8 Å². The van der Waals surface area contributed by atoms with Crippen LogP contribution in [0.2, 0.25) is 0 Å². The van der Waals surface area contributed by atoms with Crippen LogP contribution in [0, 0.1) is 18.6 Å². The fraction of sp³-hybridized carbons (Fsp3) is 0.133. The third kappa shape index (κ3) is 3.14. The molecule has 5 heteroatoms. The van der Waals surface area contributed by atoms with Gasteiger partial charge in [-0.25, -0.2) is 8.78 Å². The molecule has 0 aromatic heterocycles. The highest BCUT2D eigenvalue weighted by Crippen LogP contribution is 2.19. The number of carbonyl (C=O) groups is 1. The van der Waals surface area contributed by atoms with Crippen LogP contribution in [-0.4, -0.2) is 5.91 Å². The third-order valence-electron chi connectivity index (χ3n) is 2.87. The maximum absolute atomic E-state index is 13.6. The molecule has 0 bridgehead atoms. The maximum atomic E-state index is 13.6. The van der Waals surface area contributed by atoms with E-state index in [1.165, 1.54) is 6.92 Å². The van der Waals surface area contributed by atoms with E-state index in [0.717, 1.165) is 17.7 Å². The van der Waals surface area contributed by atoms with Crippen molar-refractivity contribution in [3.63, 3.8) is 0 Å². The summed E-state index contributed by atoms with van der Waals surface area (Å²) in [5.74, 6) is -1.40. The minimum atomic E-state index is -0.672. The lowest BCUT2D eigenvalue weighted by Crippen LogP contribution is -2.13. The fourth-order valence-corrected chi connectivity index (χ4v) is 1.86. The summed E-state index contributed by atoms with van der Waals surface area (Å²) >= 11 is 5.65. The highest BCUT2D eigenvalue weighted by atomic mass is 35.5. The quantitative estimate of drug-likeness (QED) is 0.842. The van der Waals surface area contributed by atoms with Crippen LogP contribution >= 0.6 is 11.6 Å². The van der Waals surface area contributed by atoms with E-state index in [4.69, 9.17) is 11.6 Å². The molecule has 0 spiro atoms. The van der Waals surface area contributed by atoms with Crippen molar-refractivity contribution in [3.8, 4) is 0 Å². The standard InChI is InChI=1S/C15H12ClF2NO/c1-9-6-13(18)14(7-12(9)17)19-15(20)11-4-2-10(8-16)3-5-11/h2-7H,8H2,1H3,(H,19,20). The monoisotopic (exact) mass is 295 g/mol. The zero-order valence-electron chi connectivity index (χ0n) is 10.7. The molecule has 0 atom stereocenters. The molecule has 0 unspecified atom stereocenters. The molecule has 0 aliphatic rings. The number of benzene rings is 2. The Morgan fingerprint density at radius 1 is 1.15 bits per heavy atom. The van der Waals surface area contributed by atoms with Crippen molar-refractivity contribution in [1.29, 1.82) is 0 Å². The highest BCUT2D eigenvalue weighted by Gasteiger charge is 2.11. The maximum Gasteiger partial charge on any atom is 0.255 e. The van der Waals surface area contributed by atoms with Gasteiger partial charge in [-0.1, -0.05) is 12.1 Å². The van der Waals surface area contributed by atoms with Gasteiger partial charge in [-0.05, 0) is 36.2 Å². The molecule has 0 radical (unpaired) electrons. The summed E-state index contributed by atoms with van der Waals surface area (Å²) in [6.07, 6.45) is 0. The van der Waals surface area contributed by atoms with Gasteiger partial charge in [0, 0.05) is 17.5 Å². The Morgan fingerprint density at radius 3 is 2.40 bits per heavy atom. The van der Waals surface area contributed by atoms with E-state index in [9.17, 15) is 13.6 Å². The molecule has 0 heterocycles. The van der Waals surface area contributed by atoms with Crippen molar-refractivity contribution >= 4 is 23.2 Å². The van der Waals surface area contributed by atoms with E-state index in [-0.39, 0.29) is 11.3 Å². The molecule has 1 N–H and O–H groups in total. The summed E-state index contributed by atoms with van der Waals surface area (Å²) in [6.45, 7) is 1.45. The number of rotatable bonds is 3. The predicted molar refractivity (Wildman–Crippen MR) is 75.0 cm³/mol. The molecule has 2 aromatic rings. The van der Waals surface area contributed by atoms with Gasteiger partial charge in [0.25, 0.3) is 5.91 Å². The SMILES string of the molecule is Cc1cc(F)c(NC(=O)c2ccc(CCl)cc2)cc1F. The van der Waals surface area contributed by atoms with Gasteiger partial charge < -0.3 is 5.32 Å². The molecule has 104 valence electrons. The molecule has 20 heavy (non-hydrogen) atoms. The van der Waals surface area contributed by atoms with E-state index in [2.05, 4.69) is 5.32 Å². The molecular formula is C15H12ClF2NO. The van der Waals surface area contributed by atoms with Crippen molar-refractivity contribution in [3.05, 3.63) is 64.7 Å². The van der Waals surface area contributed by atoms with Crippen molar-refractivity contribution < 1.29 is 13.6 Å². The van der Waals surface area contributed by atoms with E-state index in [1.807, 2.05) is 0 Å². The minimum absolute atomic E-state index is 0.181. The summed E-state index contributed by atoms with van der Waals surface area (Å²) in [5.41, 5.74) is 1.22. The smallest absolute Gasteiger partial charge is 0.255 e. The number of carbonyl (C=O) groups excluding carboxylic acids is 1. The van der Waals surface area contributed by atoms with Gasteiger partial charge in [0.1, 0.15) is 11.6 Å². The van der Waals surface area contributed by atoms with Gasteiger partial charge in [0.2, 0.25) is 0 Å². The van der Waals surface area contributed by atoms with Gasteiger partial charge >= 0.3 is 0 Å². The Morgan fingerprint density at radius 2 is 1.80 bits per heavy atom. The van der Waals surface area contributed by atoms with Crippen LogP contribution < -0.4 is 5.32 Å². The van der Waals surface area contributed by atoms with Crippen molar-refractivity contribution in [2.24, 2.45) is 0 Å². The Labute approximate surface area is 120 Å². The number of hydrogen-bond acceptors (Lipinski definition) is 1. The summed E-state index contributed by atoms with van der Waals surface area (Å²) in [7, 11) is 0. The zero-order valence-corrected chi connectivity index (χ0v) is 11.5. The number of alkyl halides is 1. The number of nitrogens with one attached hydrogen (secondary N) is 1. The first kappa shape index (κ1) is 14.5. The van der Waals surface area contributed by atoms with Crippen LogP contribution in [0.1, 0.15) is 21.5 Å². The number of anilines is 1. The van der Waals surface area contributed by atoms with Crippen LogP contribution in [0.3, 0.4) is 0 Å². The topological polar surface area (TPSA) is 29.1 Å². The Hall–Kier alpha value is -1.94. The molecule has 2 rings (SSSR count). The van der Waals surface area contributed by atoms with Crippen LogP contribution in [-0.2, 0) is 5.88 Å². The molecule has 0 saturated carbocycles. The van der Waals surface area contributed by atoms with Gasteiger partial charge in [-0.3, -0.25) is 4.79 Å². The Balaban J connectivity index is 2.20. The predicted octanol–water partition coefficient (Wildman–Crippen LogP) is 4.26. The highest BCUT2D eigenvalue weighted by molar-refractivity contribution is 6.17. The largest absolute Gasteiger partial charge is 0.319 e. The van der Waals surface area contributed by atoms with Gasteiger partial charge in [-0.15, -0.1) is 11.6 Å². The fourth-order valence-electron chi connectivity index (χ4n) is 1.68. The first-order valence-electron chi connectivity index (χ1n) is 5.93. The van der Waals surface area contributed by atoms with Crippen molar-refractivity contribution in [2.75, 3.05) is 5.32 Å². The number of hydrogen-bond donors (Lipinski definition) is 1. The second-order valence-electron chi connectivity index (χ2n) is 4.37. The summed E-state index contributed by atoms with van der Waals surface area (Å²) in [4.78, 5) is 11.9. The number of amides is 1. The van der Waals surface area contributed by atoms with Crippen molar-refractivity contribution in [1.82, 2.24) is 0 Å². The van der Waals surface area contributed by atoms with E-state index in [1.54, 1.807) is 24.3 Å². The van der Waals surface area contributed by atoms with Crippen LogP contribution in [0.25, 0.3) is 0 Å². The average molecular weight is 296 g/mol. The molecule has 2 nitrogen and oxygen atoms in total. The summed E-state index contributed by atoms with van der Waals surface area (Å²) in [6, 6.07) is 8.57. The molecule has 1 amide bonds. The number of halogens is 3. The molecule has 0 saturated heterocycles. The van der Waals surface area contributed by atoms with Gasteiger partial charge in [0.05, 0.1) is 5.69 Å².